The van der Waals surface area contributed by atoms with E-state index < -0.39 is 0 Å². The lowest BCUT2D eigenvalue weighted by Crippen LogP contribution is -2.13. The molecule has 0 N–H and O–H groups in total. The van der Waals surface area contributed by atoms with E-state index in [1.165, 1.54) is 51.3 Å². The average Bonchev–Trinajstić information content (AvgIpc) is 3.92. The van der Waals surface area contributed by atoms with Crippen molar-refractivity contribution in [2.75, 3.05) is 9.80 Å². The fourth-order valence-electron chi connectivity index (χ4n) is 9.25. The summed E-state index contributed by atoms with van der Waals surface area (Å²) in [5, 5.41) is 7.38. The quantitative estimate of drug-likeness (QED) is 0.151. The highest BCUT2D eigenvalue weighted by Crippen LogP contribution is 2.52. The number of benzene rings is 10. The Morgan fingerprint density at radius 1 is 0.274 bits per heavy atom. The molecule has 2 aromatic heterocycles. The zero-order valence-electron chi connectivity index (χ0n) is 33.7. The molecule has 10 aromatic carbocycles. The largest absolute Gasteiger partial charge is 0.309 e. The van der Waals surface area contributed by atoms with Gasteiger partial charge in [0.1, 0.15) is 0 Å². The van der Waals surface area contributed by atoms with E-state index in [2.05, 4.69) is 240 Å². The van der Waals surface area contributed by atoms with Crippen LogP contribution in [0.3, 0.4) is 0 Å². The summed E-state index contributed by atoms with van der Waals surface area (Å²) in [4.78, 5) is 5.00. The minimum atomic E-state index is 1.10. The lowest BCUT2D eigenvalue weighted by Gasteiger charge is -2.31. The molecule has 0 saturated carbocycles. The molecule has 0 bridgehead atoms. The minimum Gasteiger partial charge on any atom is -0.309 e. The number of nitrogens with zero attached hydrogens (tertiary/aromatic N) is 2. The van der Waals surface area contributed by atoms with Crippen molar-refractivity contribution in [1.82, 2.24) is 0 Å². The Kier molecular flexibility index (Phi) is 8.91. The number of hydrogen-bond acceptors (Lipinski definition) is 4. The van der Waals surface area contributed by atoms with Gasteiger partial charge in [0.15, 0.2) is 0 Å². The summed E-state index contributed by atoms with van der Waals surface area (Å²) in [6.07, 6.45) is 0. The Morgan fingerprint density at radius 2 is 0.726 bits per heavy atom. The van der Waals surface area contributed by atoms with E-state index in [1.54, 1.807) is 0 Å². The predicted molar refractivity (Wildman–Crippen MR) is 270 cm³/mol. The van der Waals surface area contributed by atoms with Crippen molar-refractivity contribution >= 4 is 108 Å². The Balaban J connectivity index is 1.23. The number of fused-ring (bicyclic) bond motifs is 7. The van der Waals surface area contributed by atoms with Crippen molar-refractivity contribution in [2.24, 2.45) is 0 Å². The van der Waals surface area contributed by atoms with Gasteiger partial charge in [-0.1, -0.05) is 146 Å². The van der Waals surface area contributed by atoms with Gasteiger partial charge in [0.25, 0.3) is 0 Å². The van der Waals surface area contributed by atoms with E-state index in [0.717, 1.165) is 56.2 Å². The summed E-state index contributed by atoms with van der Waals surface area (Å²) >= 11 is 3.72. The monoisotopic (exact) mass is 826 g/mol. The smallest absolute Gasteiger partial charge is 0.0555 e. The Hall–Kier alpha value is -7.50. The molecule has 12 aromatic rings. The summed E-state index contributed by atoms with van der Waals surface area (Å²) in [5.41, 5.74) is 11.4. The fourth-order valence-corrected chi connectivity index (χ4v) is 11.5. The summed E-state index contributed by atoms with van der Waals surface area (Å²) in [6.45, 7) is 0. The maximum absolute atomic E-state index is 2.50. The van der Waals surface area contributed by atoms with E-state index in [4.69, 9.17) is 0 Å². The predicted octanol–water partition coefficient (Wildman–Crippen LogP) is 17.8. The lowest BCUT2D eigenvalue weighted by atomic mass is 9.93. The molecule has 0 spiro atoms. The topological polar surface area (TPSA) is 6.48 Å². The Bertz CT molecular complexity index is 3580. The average molecular weight is 827 g/mol. The van der Waals surface area contributed by atoms with Crippen LogP contribution in [0.5, 0.6) is 0 Å². The summed E-state index contributed by atoms with van der Waals surface area (Å²) in [5.74, 6) is 0. The van der Waals surface area contributed by atoms with Gasteiger partial charge in [-0.15, -0.1) is 22.7 Å². The third-order valence-electron chi connectivity index (χ3n) is 12.0. The van der Waals surface area contributed by atoms with Gasteiger partial charge < -0.3 is 9.80 Å². The summed E-state index contributed by atoms with van der Waals surface area (Å²) < 4.78 is 5.11. The van der Waals surface area contributed by atoms with Crippen molar-refractivity contribution in [1.29, 1.82) is 0 Å². The van der Waals surface area contributed by atoms with Gasteiger partial charge in [-0.25, -0.2) is 0 Å². The van der Waals surface area contributed by atoms with Crippen molar-refractivity contribution < 1.29 is 0 Å². The van der Waals surface area contributed by atoms with Crippen LogP contribution in [0.15, 0.2) is 231 Å². The molecule has 0 atom stereocenters. The molecular formula is C58H38N2S2. The van der Waals surface area contributed by atoms with Crippen LogP contribution in [0.1, 0.15) is 0 Å². The number of rotatable bonds is 8. The second kappa shape index (κ2) is 15.2. The first-order valence-electron chi connectivity index (χ1n) is 21.0. The standard InChI is InChI=1S/C58H38N2S2/c1-5-19-39(20-6-1)41-35-42-36-47(40-21-7-2-8-22-40)52(60(44-25-11-4-12-26-44)50-30-18-34-56-58(50)46-28-14-16-32-54(46)62-56)38-48(42)51(37-41)59(43-23-9-3-10-24-43)49-29-17-33-55-57(49)45-27-13-15-31-53(45)61-55/h1-38H. The van der Waals surface area contributed by atoms with E-state index in [-0.39, 0.29) is 0 Å². The second-order valence-corrected chi connectivity index (χ2v) is 17.8. The Labute approximate surface area is 368 Å². The third-order valence-corrected chi connectivity index (χ3v) is 14.3. The van der Waals surface area contributed by atoms with Crippen LogP contribution in [-0.2, 0) is 0 Å². The number of thiophene rings is 2. The first-order chi connectivity index (χ1) is 30.8. The lowest BCUT2D eigenvalue weighted by molar-refractivity contribution is 1.30. The number of anilines is 6. The molecule has 62 heavy (non-hydrogen) atoms. The van der Waals surface area contributed by atoms with E-state index in [9.17, 15) is 0 Å². The van der Waals surface area contributed by atoms with Gasteiger partial charge >= 0.3 is 0 Å². The molecule has 0 aliphatic carbocycles. The molecule has 12 rings (SSSR count). The van der Waals surface area contributed by atoms with Crippen LogP contribution in [0, 0.1) is 0 Å². The van der Waals surface area contributed by atoms with Crippen LogP contribution in [0.25, 0.3) is 73.4 Å². The van der Waals surface area contributed by atoms with Gasteiger partial charge in [0.2, 0.25) is 0 Å². The first kappa shape index (κ1) is 36.4. The second-order valence-electron chi connectivity index (χ2n) is 15.7. The molecular weight excluding hydrogens is 789 g/mol. The fraction of sp³-hybridized carbons (Fsp3) is 0. The molecule has 2 heterocycles. The molecule has 0 radical (unpaired) electrons. The first-order valence-corrected chi connectivity index (χ1v) is 22.6. The maximum atomic E-state index is 2.50. The van der Waals surface area contributed by atoms with E-state index >= 15 is 0 Å². The SMILES string of the molecule is c1ccc(-c2cc(N(c3ccccc3)c3cccc4sc5ccccc5c34)c3cc(N(c4ccccc4)c4cccc5sc6ccccc6c45)c(-c4ccccc4)cc3c2)cc1. The van der Waals surface area contributed by atoms with Crippen LogP contribution in [0.4, 0.5) is 34.1 Å². The minimum absolute atomic E-state index is 1.10. The third kappa shape index (κ3) is 6.15. The normalized spacial score (nSPS) is 11.5. The van der Waals surface area contributed by atoms with Crippen LogP contribution in [-0.4, -0.2) is 0 Å². The van der Waals surface area contributed by atoms with Gasteiger partial charge in [-0.2, -0.15) is 0 Å². The zero-order valence-corrected chi connectivity index (χ0v) is 35.3. The number of hydrogen-bond donors (Lipinski definition) is 0. The van der Waals surface area contributed by atoms with Crippen molar-refractivity contribution in [3.05, 3.63) is 231 Å². The molecule has 0 saturated heterocycles. The van der Waals surface area contributed by atoms with Crippen molar-refractivity contribution in [2.45, 2.75) is 0 Å². The molecule has 0 aliphatic rings. The van der Waals surface area contributed by atoms with E-state index in [1.807, 2.05) is 22.7 Å². The molecule has 0 unspecified atom stereocenters. The van der Waals surface area contributed by atoms with Gasteiger partial charge in [0, 0.05) is 62.7 Å². The highest BCUT2D eigenvalue weighted by molar-refractivity contribution is 7.26. The number of para-hydroxylation sites is 2. The molecule has 4 heteroatoms. The van der Waals surface area contributed by atoms with Crippen LogP contribution in [0.2, 0.25) is 0 Å². The van der Waals surface area contributed by atoms with Crippen LogP contribution >= 0.6 is 22.7 Å². The highest BCUT2D eigenvalue weighted by Gasteiger charge is 2.26. The van der Waals surface area contributed by atoms with Crippen molar-refractivity contribution in [3.8, 4) is 22.3 Å². The zero-order chi connectivity index (χ0) is 41.0. The molecule has 0 aliphatic heterocycles. The van der Waals surface area contributed by atoms with Crippen LogP contribution < -0.4 is 9.80 Å². The Morgan fingerprint density at radius 3 is 1.27 bits per heavy atom. The van der Waals surface area contributed by atoms with Gasteiger partial charge in [0.05, 0.1) is 22.7 Å². The molecule has 2 nitrogen and oxygen atoms in total. The highest BCUT2D eigenvalue weighted by atomic mass is 32.1. The summed E-state index contributed by atoms with van der Waals surface area (Å²) in [6, 6.07) is 84.4. The molecule has 0 amide bonds. The van der Waals surface area contributed by atoms with Crippen molar-refractivity contribution in [3.63, 3.8) is 0 Å². The molecule has 292 valence electrons. The van der Waals surface area contributed by atoms with Gasteiger partial charge in [-0.05, 0) is 107 Å². The van der Waals surface area contributed by atoms with Gasteiger partial charge in [-0.3, -0.25) is 0 Å². The maximum Gasteiger partial charge on any atom is 0.0555 e. The van der Waals surface area contributed by atoms with E-state index in [0.29, 0.717) is 0 Å². The summed E-state index contributed by atoms with van der Waals surface area (Å²) in [7, 11) is 0. The molecule has 0 fully saturated rings.